The summed E-state index contributed by atoms with van der Waals surface area (Å²) in [6, 6.07) is 0. The number of carbonyl (C=O) groups excluding carboxylic acids is 1. The molecule has 5 atom stereocenters. The number of fused-ring (bicyclic) bond motifs is 1. The van der Waals surface area contributed by atoms with E-state index in [-0.39, 0.29) is 18.0 Å². The molecule has 1 heterocycles. The van der Waals surface area contributed by atoms with Crippen LogP contribution >= 0.6 is 0 Å². The molecule has 0 radical (unpaired) electrons. The Hall–Kier alpha value is -0.790. The third-order valence-electron chi connectivity index (χ3n) is 4.24. The van der Waals surface area contributed by atoms with Crippen molar-refractivity contribution in [2.45, 2.75) is 32.3 Å². The Morgan fingerprint density at radius 2 is 2.14 bits per heavy atom. The number of esters is 1. The van der Waals surface area contributed by atoms with Crippen LogP contribution in [0, 0.1) is 23.7 Å². The molecule has 2 heteroatoms. The lowest BCUT2D eigenvalue weighted by Crippen LogP contribution is -2.18. The summed E-state index contributed by atoms with van der Waals surface area (Å²) >= 11 is 0. The van der Waals surface area contributed by atoms with Gasteiger partial charge in [0.15, 0.2) is 0 Å². The Morgan fingerprint density at radius 3 is 2.93 bits per heavy atom. The van der Waals surface area contributed by atoms with Gasteiger partial charge in [-0.2, -0.15) is 0 Å². The second-order valence-electron chi connectivity index (χ2n) is 5.21. The summed E-state index contributed by atoms with van der Waals surface area (Å²) in [6.07, 6.45) is 3.46. The molecule has 0 aromatic carbocycles. The molecule has 0 aromatic heterocycles. The van der Waals surface area contributed by atoms with E-state index < -0.39 is 0 Å². The van der Waals surface area contributed by atoms with Crippen molar-refractivity contribution in [3.63, 3.8) is 0 Å². The van der Waals surface area contributed by atoms with Gasteiger partial charge < -0.3 is 4.74 Å². The van der Waals surface area contributed by atoms with Gasteiger partial charge in [-0.3, -0.25) is 4.79 Å². The first-order valence-electron chi connectivity index (χ1n) is 5.56. The van der Waals surface area contributed by atoms with Gasteiger partial charge in [0, 0.05) is 5.92 Å². The summed E-state index contributed by atoms with van der Waals surface area (Å²) in [5, 5.41) is 0. The average Bonchev–Trinajstić information content (AvgIpc) is 2.52. The van der Waals surface area contributed by atoms with Crippen molar-refractivity contribution in [1.29, 1.82) is 0 Å². The predicted octanol–water partition coefficient (Wildman–Crippen LogP) is 2.15. The highest BCUT2D eigenvalue weighted by atomic mass is 16.6. The highest BCUT2D eigenvalue weighted by molar-refractivity contribution is 5.76. The molecule has 2 nitrogen and oxygen atoms in total. The van der Waals surface area contributed by atoms with Crippen molar-refractivity contribution in [3.8, 4) is 0 Å². The highest BCUT2D eigenvalue weighted by Gasteiger charge is 2.54. The molecule has 2 bridgehead atoms. The zero-order valence-corrected chi connectivity index (χ0v) is 8.53. The summed E-state index contributed by atoms with van der Waals surface area (Å²) in [5.41, 5.74) is 1.19. The van der Waals surface area contributed by atoms with Gasteiger partial charge in [-0.15, -0.1) is 0 Å². The molecule has 1 saturated heterocycles. The van der Waals surface area contributed by atoms with Crippen LogP contribution in [-0.4, -0.2) is 12.1 Å². The predicted molar refractivity (Wildman–Crippen MR) is 52.5 cm³/mol. The molecule has 0 amide bonds. The minimum atomic E-state index is 0.0355. The van der Waals surface area contributed by atoms with Crippen molar-refractivity contribution < 1.29 is 9.53 Å². The molecular formula is C12H16O2. The average molecular weight is 192 g/mol. The molecule has 14 heavy (non-hydrogen) atoms. The lowest BCUT2D eigenvalue weighted by atomic mass is 9.84. The molecule has 5 unspecified atom stereocenters. The number of carbonyl (C=O) groups is 1. The Labute approximate surface area is 84.3 Å². The van der Waals surface area contributed by atoms with E-state index in [0.717, 1.165) is 12.8 Å². The van der Waals surface area contributed by atoms with E-state index in [1.165, 1.54) is 12.0 Å². The van der Waals surface area contributed by atoms with Gasteiger partial charge >= 0.3 is 5.97 Å². The van der Waals surface area contributed by atoms with Crippen LogP contribution in [0.5, 0.6) is 0 Å². The van der Waals surface area contributed by atoms with Crippen LogP contribution < -0.4 is 0 Å². The van der Waals surface area contributed by atoms with Gasteiger partial charge in [-0.1, -0.05) is 13.5 Å². The van der Waals surface area contributed by atoms with E-state index in [1.54, 1.807) is 0 Å². The highest BCUT2D eigenvalue weighted by Crippen LogP contribution is 2.52. The zero-order chi connectivity index (χ0) is 9.87. The third kappa shape index (κ3) is 0.943. The normalized spacial score (nSPS) is 50.5. The van der Waals surface area contributed by atoms with Crippen LogP contribution in [0.1, 0.15) is 26.2 Å². The number of rotatable bonds is 0. The van der Waals surface area contributed by atoms with E-state index in [0.29, 0.717) is 17.8 Å². The van der Waals surface area contributed by atoms with Crippen molar-refractivity contribution in [2.24, 2.45) is 23.7 Å². The topological polar surface area (TPSA) is 26.3 Å². The van der Waals surface area contributed by atoms with Crippen LogP contribution in [0.3, 0.4) is 0 Å². The SMILES string of the molecule is C=C1C2CC(C)CC3C(=O)OC1C3C2. The fourth-order valence-corrected chi connectivity index (χ4v) is 3.57. The van der Waals surface area contributed by atoms with Crippen molar-refractivity contribution in [3.05, 3.63) is 12.2 Å². The van der Waals surface area contributed by atoms with Gasteiger partial charge in [0.1, 0.15) is 6.10 Å². The maximum Gasteiger partial charge on any atom is 0.309 e. The number of hydrogen-bond donors (Lipinski definition) is 0. The van der Waals surface area contributed by atoms with E-state index in [4.69, 9.17) is 4.74 Å². The van der Waals surface area contributed by atoms with Gasteiger partial charge in [0.05, 0.1) is 5.92 Å². The van der Waals surface area contributed by atoms with Crippen molar-refractivity contribution in [2.75, 3.05) is 0 Å². The van der Waals surface area contributed by atoms with Crippen LogP contribution in [0.15, 0.2) is 12.2 Å². The van der Waals surface area contributed by atoms with E-state index in [9.17, 15) is 4.79 Å². The minimum absolute atomic E-state index is 0.0355. The molecule has 2 aliphatic carbocycles. The van der Waals surface area contributed by atoms with Gasteiger partial charge in [0.25, 0.3) is 0 Å². The Morgan fingerprint density at radius 1 is 1.36 bits per heavy atom. The molecule has 3 rings (SSSR count). The monoisotopic (exact) mass is 192 g/mol. The molecule has 0 aromatic rings. The first kappa shape index (κ1) is 8.51. The molecule has 0 N–H and O–H groups in total. The Kier molecular flexibility index (Phi) is 1.59. The van der Waals surface area contributed by atoms with Gasteiger partial charge in [-0.05, 0) is 36.7 Å². The molecule has 76 valence electrons. The Balaban J connectivity index is 2.00. The van der Waals surface area contributed by atoms with Gasteiger partial charge in [0.2, 0.25) is 0 Å². The number of ether oxygens (including phenoxy) is 1. The molecule has 2 saturated carbocycles. The standard InChI is InChI=1S/C12H16O2/c1-6-3-8-5-9-10(4-6)12(13)14-11(9)7(8)2/h6,8-11H,2-5H2,1H3. The maximum absolute atomic E-state index is 11.6. The van der Waals surface area contributed by atoms with Gasteiger partial charge in [-0.25, -0.2) is 0 Å². The lowest BCUT2D eigenvalue weighted by Gasteiger charge is -2.18. The van der Waals surface area contributed by atoms with Crippen LogP contribution in [0.2, 0.25) is 0 Å². The second kappa shape index (κ2) is 2.62. The quantitative estimate of drug-likeness (QED) is 0.434. The smallest absolute Gasteiger partial charge is 0.309 e. The second-order valence-corrected chi connectivity index (χ2v) is 5.21. The summed E-state index contributed by atoms with van der Waals surface area (Å²) in [4.78, 5) is 11.6. The molecule has 1 aliphatic heterocycles. The van der Waals surface area contributed by atoms with Crippen LogP contribution in [0.4, 0.5) is 0 Å². The largest absolute Gasteiger partial charge is 0.457 e. The summed E-state index contributed by atoms with van der Waals surface area (Å²) < 4.78 is 5.42. The summed E-state index contributed by atoms with van der Waals surface area (Å²) in [5.74, 6) is 1.95. The first-order valence-corrected chi connectivity index (χ1v) is 5.56. The summed E-state index contributed by atoms with van der Waals surface area (Å²) in [7, 11) is 0. The minimum Gasteiger partial charge on any atom is -0.457 e. The van der Waals surface area contributed by atoms with E-state index >= 15 is 0 Å². The molecular weight excluding hydrogens is 176 g/mol. The third-order valence-corrected chi connectivity index (χ3v) is 4.24. The Bertz CT molecular complexity index is 307. The zero-order valence-electron chi connectivity index (χ0n) is 8.53. The van der Waals surface area contributed by atoms with Crippen molar-refractivity contribution >= 4 is 5.97 Å². The fraction of sp³-hybridized carbons (Fsp3) is 0.750. The van der Waals surface area contributed by atoms with Crippen LogP contribution in [-0.2, 0) is 9.53 Å². The molecule has 0 spiro atoms. The van der Waals surface area contributed by atoms with E-state index in [2.05, 4.69) is 13.5 Å². The number of hydrogen-bond acceptors (Lipinski definition) is 2. The maximum atomic E-state index is 11.6. The van der Waals surface area contributed by atoms with Crippen LogP contribution in [0.25, 0.3) is 0 Å². The van der Waals surface area contributed by atoms with Crippen molar-refractivity contribution in [1.82, 2.24) is 0 Å². The molecule has 3 aliphatic rings. The molecule has 3 fully saturated rings. The van der Waals surface area contributed by atoms with E-state index in [1.807, 2.05) is 0 Å². The fourth-order valence-electron chi connectivity index (χ4n) is 3.57. The summed E-state index contributed by atoms with van der Waals surface area (Å²) in [6.45, 7) is 6.35. The first-order chi connectivity index (χ1) is 6.66. The lowest BCUT2D eigenvalue weighted by molar-refractivity contribution is -0.143.